The summed E-state index contributed by atoms with van der Waals surface area (Å²) in [6.07, 6.45) is -0.389. The van der Waals surface area contributed by atoms with Gasteiger partial charge in [-0.25, -0.2) is 0 Å². The fraction of sp³-hybridized carbons (Fsp3) is 0.800. The molecule has 98 valence electrons. The van der Waals surface area contributed by atoms with E-state index in [-0.39, 0.29) is 24.9 Å². The molecule has 1 aliphatic heterocycles. The molecule has 1 amide bonds. The van der Waals surface area contributed by atoms with Crippen LogP contribution in [0.3, 0.4) is 0 Å². The fourth-order valence-corrected chi connectivity index (χ4v) is 2.46. The molecule has 1 heterocycles. The van der Waals surface area contributed by atoms with Gasteiger partial charge in [-0.3, -0.25) is 9.59 Å². The predicted molar refractivity (Wildman–Crippen MR) is 65.0 cm³/mol. The predicted octanol–water partition coefficient (Wildman–Crippen LogP) is -0.967. The van der Waals surface area contributed by atoms with Crippen molar-refractivity contribution in [1.82, 2.24) is 10.6 Å². The Balaban J connectivity index is 2.33. The lowest BCUT2D eigenvalue weighted by Gasteiger charge is -2.25. The summed E-state index contributed by atoms with van der Waals surface area (Å²) in [5, 5.41) is 23.9. The van der Waals surface area contributed by atoms with E-state index in [4.69, 9.17) is 5.11 Å². The summed E-state index contributed by atoms with van der Waals surface area (Å²) in [7, 11) is 0. The van der Waals surface area contributed by atoms with Gasteiger partial charge in [0.2, 0.25) is 5.91 Å². The molecule has 0 aliphatic carbocycles. The Morgan fingerprint density at radius 1 is 1.59 bits per heavy atom. The summed E-state index contributed by atoms with van der Waals surface area (Å²) in [5.74, 6) is 0.409. The highest BCUT2D eigenvalue weighted by Crippen LogP contribution is 2.10. The number of carboxylic acid groups (broad SMARTS) is 1. The van der Waals surface area contributed by atoms with Gasteiger partial charge in [0, 0.05) is 24.6 Å². The minimum Gasteiger partial charge on any atom is -0.481 e. The molecule has 1 fully saturated rings. The number of rotatable bonds is 5. The summed E-state index contributed by atoms with van der Waals surface area (Å²) in [4.78, 5) is 22.2. The maximum absolute atomic E-state index is 11.7. The molecule has 0 radical (unpaired) electrons. The second kappa shape index (κ2) is 6.23. The van der Waals surface area contributed by atoms with Gasteiger partial charge in [-0.05, 0) is 6.92 Å². The van der Waals surface area contributed by atoms with E-state index in [9.17, 15) is 14.7 Å². The number of hydrogen-bond acceptors (Lipinski definition) is 5. The van der Waals surface area contributed by atoms with Crippen LogP contribution in [0.5, 0.6) is 0 Å². The van der Waals surface area contributed by atoms with Crippen molar-refractivity contribution in [2.24, 2.45) is 0 Å². The van der Waals surface area contributed by atoms with E-state index in [2.05, 4.69) is 10.6 Å². The summed E-state index contributed by atoms with van der Waals surface area (Å²) in [5.41, 5.74) is -1.41. The van der Waals surface area contributed by atoms with E-state index in [0.717, 1.165) is 12.3 Å². The normalized spacial score (nSPS) is 23.8. The molecule has 1 aliphatic rings. The molecule has 17 heavy (non-hydrogen) atoms. The first kappa shape index (κ1) is 14.3. The van der Waals surface area contributed by atoms with Crippen molar-refractivity contribution < 1.29 is 19.8 Å². The van der Waals surface area contributed by atoms with Gasteiger partial charge in [0.15, 0.2) is 0 Å². The highest BCUT2D eigenvalue weighted by molar-refractivity contribution is 7.99. The van der Waals surface area contributed by atoms with Crippen LogP contribution in [0.25, 0.3) is 0 Å². The van der Waals surface area contributed by atoms with Gasteiger partial charge in [0.25, 0.3) is 0 Å². The molecule has 0 bridgehead atoms. The Hall–Kier alpha value is -0.790. The van der Waals surface area contributed by atoms with Crippen molar-refractivity contribution in [3.8, 4) is 0 Å². The molecule has 0 aromatic rings. The maximum atomic E-state index is 11.7. The van der Waals surface area contributed by atoms with Gasteiger partial charge in [-0.15, -0.1) is 0 Å². The third-order valence-corrected chi connectivity index (χ3v) is 3.48. The lowest BCUT2D eigenvalue weighted by Crippen LogP contribution is -2.52. The van der Waals surface area contributed by atoms with Crippen molar-refractivity contribution >= 4 is 23.6 Å². The molecule has 0 saturated carbocycles. The minimum absolute atomic E-state index is 0.0546. The third kappa shape index (κ3) is 5.38. The number of aliphatic hydroxyl groups is 1. The van der Waals surface area contributed by atoms with E-state index < -0.39 is 11.6 Å². The zero-order chi connectivity index (χ0) is 12.9. The molecule has 0 aromatic heterocycles. The molecule has 0 spiro atoms. The van der Waals surface area contributed by atoms with Crippen LogP contribution in [0.2, 0.25) is 0 Å². The number of aliphatic carboxylic acids is 1. The average Bonchev–Trinajstić information content (AvgIpc) is 2.25. The van der Waals surface area contributed by atoms with E-state index in [0.29, 0.717) is 5.75 Å². The number of carboxylic acids is 1. The average molecular weight is 262 g/mol. The maximum Gasteiger partial charge on any atom is 0.306 e. The molecular formula is C10H18N2O4S. The van der Waals surface area contributed by atoms with Crippen LogP contribution >= 0.6 is 11.8 Å². The molecule has 0 aromatic carbocycles. The Labute approximate surface area is 104 Å². The Bertz CT molecular complexity index is 290. The molecule has 1 saturated heterocycles. The van der Waals surface area contributed by atoms with Gasteiger partial charge >= 0.3 is 5.97 Å². The largest absolute Gasteiger partial charge is 0.481 e. The number of carbonyl (C=O) groups is 2. The summed E-state index contributed by atoms with van der Waals surface area (Å²) in [6, 6.07) is -0.255. The standard InChI is InChI=1S/C10H18N2O4S/c1-10(16,4-8(13)14)6-12-9(15)7-5-17-3-2-11-7/h7,11,16H,2-6H2,1H3,(H,12,15)(H,13,14). The first-order valence-corrected chi connectivity index (χ1v) is 6.59. The van der Waals surface area contributed by atoms with Crippen LogP contribution in [0.4, 0.5) is 0 Å². The van der Waals surface area contributed by atoms with E-state index >= 15 is 0 Å². The third-order valence-electron chi connectivity index (χ3n) is 2.41. The first-order valence-electron chi connectivity index (χ1n) is 5.44. The van der Waals surface area contributed by atoms with Crippen LogP contribution < -0.4 is 10.6 Å². The summed E-state index contributed by atoms with van der Waals surface area (Å²) >= 11 is 1.70. The van der Waals surface area contributed by atoms with Crippen molar-refractivity contribution in [2.75, 3.05) is 24.6 Å². The number of hydrogen-bond donors (Lipinski definition) is 4. The molecule has 6 nitrogen and oxygen atoms in total. The van der Waals surface area contributed by atoms with Crippen LogP contribution in [0.1, 0.15) is 13.3 Å². The lowest BCUT2D eigenvalue weighted by atomic mass is 10.0. The van der Waals surface area contributed by atoms with Crippen molar-refractivity contribution in [3.05, 3.63) is 0 Å². The summed E-state index contributed by atoms with van der Waals surface area (Å²) in [6.45, 7) is 2.12. The Morgan fingerprint density at radius 3 is 2.82 bits per heavy atom. The van der Waals surface area contributed by atoms with E-state index in [1.165, 1.54) is 6.92 Å². The SMILES string of the molecule is CC(O)(CNC(=O)C1CSCCN1)CC(=O)O. The van der Waals surface area contributed by atoms with Gasteiger partial charge < -0.3 is 20.8 Å². The van der Waals surface area contributed by atoms with Crippen LogP contribution in [-0.4, -0.2) is 58.3 Å². The molecule has 2 unspecified atom stereocenters. The molecular weight excluding hydrogens is 244 g/mol. The monoisotopic (exact) mass is 262 g/mol. The van der Waals surface area contributed by atoms with Gasteiger partial charge in [0.1, 0.15) is 0 Å². The van der Waals surface area contributed by atoms with E-state index in [1.807, 2.05) is 0 Å². The fourth-order valence-electron chi connectivity index (χ4n) is 1.52. The molecule has 4 N–H and O–H groups in total. The number of nitrogens with one attached hydrogen (secondary N) is 2. The number of thioether (sulfide) groups is 1. The highest BCUT2D eigenvalue weighted by atomic mass is 32.2. The number of carbonyl (C=O) groups excluding carboxylic acids is 1. The zero-order valence-electron chi connectivity index (χ0n) is 9.73. The smallest absolute Gasteiger partial charge is 0.306 e. The van der Waals surface area contributed by atoms with Gasteiger partial charge in [-0.2, -0.15) is 11.8 Å². The van der Waals surface area contributed by atoms with Crippen molar-refractivity contribution in [1.29, 1.82) is 0 Å². The second-order valence-electron chi connectivity index (χ2n) is 4.37. The first-order chi connectivity index (χ1) is 7.91. The lowest BCUT2D eigenvalue weighted by molar-refractivity contribution is -0.142. The summed E-state index contributed by atoms with van der Waals surface area (Å²) < 4.78 is 0. The van der Waals surface area contributed by atoms with Crippen LogP contribution in [0.15, 0.2) is 0 Å². The minimum atomic E-state index is -1.41. The van der Waals surface area contributed by atoms with Crippen molar-refractivity contribution in [2.45, 2.75) is 25.0 Å². The van der Waals surface area contributed by atoms with Gasteiger partial charge in [0.05, 0.1) is 18.1 Å². The molecule has 7 heteroatoms. The Kier molecular flexibility index (Phi) is 5.23. The highest BCUT2D eigenvalue weighted by Gasteiger charge is 2.27. The van der Waals surface area contributed by atoms with Crippen molar-refractivity contribution in [3.63, 3.8) is 0 Å². The number of amides is 1. The quantitative estimate of drug-likeness (QED) is 0.509. The van der Waals surface area contributed by atoms with E-state index in [1.54, 1.807) is 11.8 Å². The second-order valence-corrected chi connectivity index (χ2v) is 5.52. The zero-order valence-corrected chi connectivity index (χ0v) is 10.5. The molecule has 1 rings (SSSR count). The topological polar surface area (TPSA) is 98.7 Å². The van der Waals surface area contributed by atoms with Crippen LogP contribution in [-0.2, 0) is 9.59 Å². The van der Waals surface area contributed by atoms with Crippen LogP contribution in [0, 0.1) is 0 Å². The van der Waals surface area contributed by atoms with Gasteiger partial charge in [-0.1, -0.05) is 0 Å². The molecule has 2 atom stereocenters. The Morgan fingerprint density at radius 2 is 2.29 bits per heavy atom.